The van der Waals surface area contributed by atoms with Gasteiger partial charge in [0.2, 0.25) is 0 Å². The van der Waals surface area contributed by atoms with Crippen LogP contribution in [0.5, 0.6) is 11.5 Å². The molecule has 0 unspecified atom stereocenters. The van der Waals surface area contributed by atoms with Crippen LogP contribution in [0.15, 0.2) is 47.8 Å². The van der Waals surface area contributed by atoms with Crippen molar-refractivity contribution in [2.75, 3.05) is 24.9 Å². The lowest BCUT2D eigenvalue weighted by Crippen LogP contribution is -2.14. The first-order chi connectivity index (χ1) is 13.5. The number of carbonyl (C=O) groups excluding carboxylic acids is 1. The Labute approximate surface area is 168 Å². The van der Waals surface area contributed by atoms with Gasteiger partial charge in [-0.3, -0.25) is 4.79 Å². The number of carbonyl (C=O) groups is 1. The number of nitrogens with one attached hydrogen (secondary N) is 2. The highest BCUT2D eigenvalue weighted by Gasteiger charge is 2.15. The number of nitrogens with zero attached hydrogens (tertiary/aromatic N) is 1. The molecule has 1 heterocycles. The standard InChI is InChI=1S/C21H23N3O3S/c1-13(2)15-7-5-6-8-16(15)22-20(25)18-12-28-21(24-18)23-17-10-9-14(26-3)11-19(17)27-4/h5-13H,1-4H3,(H,22,25)(H,23,24). The van der Waals surface area contributed by atoms with Gasteiger partial charge in [0.05, 0.1) is 19.9 Å². The summed E-state index contributed by atoms with van der Waals surface area (Å²) in [5.74, 6) is 1.41. The van der Waals surface area contributed by atoms with E-state index < -0.39 is 0 Å². The smallest absolute Gasteiger partial charge is 0.275 e. The van der Waals surface area contributed by atoms with E-state index in [1.165, 1.54) is 11.3 Å². The Kier molecular flexibility index (Phi) is 6.16. The van der Waals surface area contributed by atoms with Crippen molar-refractivity contribution < 1.29 is 14.3 Å². The van der Waals surface area contributed by atoms with Gasteiger partial charge in [-0.05, 0) is 29.7 Å². The average Bonchev–Trinajstić information content (AvgIpc) is 3.17. The van der Waals surface area contributed by atoms with Crippen LogP contribution < -0.4 is 20.1 Å². The summed E-state index contributed by atoms with van der Waals surface area (Å²) in [6, 6.07) is 13.3. The van der Waals surface area contributed by atoms with Crippen molar-refractivity contribution in [1.29, 1.82) is 0 Å². The maximum absolute atomic E-state index is 12.6. The number of hydrogen-bond acceptors (Lipinski definition) is 6. The Morgan fingerprint density at radius 1 is 1.07 bits per heavy atom. The molecule has 0 saturated carbocycles. The highest BCUT2D eigenvalue weighted by molar-refractivity contribution is 7.14. The summed E-state index contributed by atoms with van der Waals surface area (Å²) < 4.78 is 10.6. The fourth-order valence-corrected chi connectivity index (χ4v) is 3.46. The van der Waals surface area contributed by atoms with Crippen LogP contribution in [0.2, 0.25) is 0 Å². The molecule has 28 heavy (non-hydrogen) atoms. The second-order valence-electron chi connectivity index (χ2n) is 6.43. The van der Waals surface area contributed by atoms with Gasteiger partial charge in [0.25, 0.3) is 5.91 Å². The maximum Gasteiger partial charge on any atom is 0.275 e. The lowest BCUT2D eigenvalue weighted by atomic mass is 10.0. The largest absolute Gasteiger partial charge is 0.497 e. The van der Waals surface area contributed by atoms with Crippen LogP contribution in [-0.4, -0.2) is 25.1 Å². The van der Waals surface area contributed by atoms with E-state index in [1.807, 2.05) is 36.4 Å². The predicted octanol–water partition coefficient (Wildman–Crippen LogP) is 5.28. The molecule has 0 spiro atoms. The molecule has 0 radical (unpaired) electrons. The molecule has 3 rings (SSSR count). The minimum atomic E-state index is -0.237. The summed E-state index contributed by atoms with van der Waals surface area (Å²) in [6.45, 7) is 4.19. The van der Waals surface area contributed by atoms with Crippen molar-refractivity contribution in [2.45, 2.75) is 19.8 Å². The molecule has 2 aromatic carbocycles. The normalized spacial score (nSPS) is 10.6. The molecule has 6 nitrogen and oxygen atoms in total. The fourth-order valence-electron chi connectivity index (χ4n) is 2.75. The number of thiazole rings is 1. The second-order valence-corrected chi connectivity index (χ2v) is 7.28. The van der Waals surface area contributed by atoms with Crippen molar-refractivity contribution in [3.05, 3.63) is 59.1 Å². The zero-order valence-corrected chi connectivity index (χ0v) is 17.1. The second kappa shape index (κ2) is 8.75. The Morgan fingerprint density at radius 3 is 2.57 bits per heavy atom. The summed E-state index contributed by atoms with van der Waals surface area (Å²) in [6.07, 6.45) is 0. The van der Waals surface area contributed by atoms with Gasteiger partial charge in [0.15, 0.2) is 5.13 Å². The molecule has 0 bridgehead atoms. The van der Waals surface area contributed by atoms with Crippen LogP contribution >= 0.6 is 11.3 Å². The van der Waals surface area contributed by atoms with E-state index in [0.717, 1.165) is 16.9 Å². The minimum absolute atomic E-state index is 0.237. The number of benzene rings is 2. The number of rotatable bonds is 7. The van der Waals surface area contributed by atoms with E-state index in [1.54, 1.807) is 25.7 Å². The van der Waals surface area contributed by atoms with Crippen molar-refractivity contribution in [3.63, 3.8) is 0 Å². The van der Waals surface area contributed by atoms with Gasteiger partial charge in [-0.2, -0.15) is 0 Å². The van der Waals surface area contributed by atoms with Crippen molar-refractivity contribution in [2.24, 2.45) is 0 Å². The zero-order valence-electron chi connectivity index (χ0n) is 16.3. The van der Waals surface area contributed by atoms with E-state index in [9.17, 15) is 4.79 Å². The molecule has 0 saturated heterocycles. The summed E-state index contributed by atoms with van der Waals surface area (Å²) in [7, 11) is 3.19. The monoisotopic (exact) mass is 397 g/mol. The Morgan fingerprint density at radius 2 is 1.86 bits per heavy atom. The Balaban J connectivity index is 1.75. The molecule has 0 aliphatic rings. The number of methoxy groups -OCH3 is 2. The van der Waals surface area contributed by atoms with E-state index in [0.29, 0.717) is 28.2 Å². The van der Waals surface area contributed by atoms with Crippen LogP contribution in [0.4, 0.5) is 16.5 Å². The van der Waals surface area contributed by atoms with Crippen LogP contribution in [0.3, 0.4) is 0 Å². The Hall–Kier alpha value is -3.06. The molecule has 3 aromatic rings. The van der Waals surface area contributed by atoms with Crippen LogP contribution in [0.25, 0.3) is 0 Å². The van der Waals surface area contributed by atoms with Gasteiger partial charge < -0.3 is 20.1 Å². The van der Waals surface area contributed by atoms with E-state index >= 15 is 0 Å². The van der Waals surface area contributed by atoms with Gasteiger partial charge >= 0.3 is 0 Å². The van der Waals surface area contributed by atoms with Crippen molar-refractivity contribution in [3.8, 4) is 11.5 Å². The Bertz CT molecular complexity index is 969. The van der Waals surface area contributed by atoms with Crippen LogP contribution in [0.1, 0.15) is 35.8 Å². The van der Waals surface area contributed by atoms with Crippen molar-refractivity contribution in [1.82, 2.24) is 4.98 Å². The first-order valence-corrected chi connectivity index (χ1v) is 9.74. The molecule has 0 aliphatic carbocycles. The summed E-state index contributed by atoms with van der Waals surface area (Å²) in [5, 5.41) is 8.48. The highest BCUT2D eigenvalue weighted by atomic mass is 32.1. The van der Waals surface area contributed by atoms with Crippen molar-refractivity contribution >= 4 is 33.8 Å². The molecule has 0 atom stereocenters. The molecule has 0 aliphatic heterocycles. The van der Waals surface area contributed by atoms with Gasteiger partial charge in [0, 0.05) is 17.1 Å². The third kappa shape index (κ3) is 4.43. The van der Waals surface area contributed by atoms with E-state index in [4.69, 9.17) is 9.47 Å². The predicted molar refractivity (Wildman–Crippen MR) is 113 cm³/mol. The molecule has 2 N–H and O–H groups in total. The summed E-state index contributed by atoms with van der Waals surface area (Å²) in [4.78, 5) is 17.0. The van der Waals surface area contributed by atoms with E-state index in [-0.39, 0.29) is 5.91 Å². The lowest BCUT2D eigenvalue weighted by Gasteiger charge is -2.13. The first-order valence-electron chi connectivity index (χ1n) is 8.86. The molecule has 1 aromatic heterocycles. The number of hydrogen-bond donors (Lipinski definition) is 2. The quantitative estimate of drug-likeness (QED) is 0.567. The summed E-state index contributed by atoms with van der Waals surface area (Å²) in [5.41, 5.74) is 3.00. The molecular formula is C21H23N3O3S. The lowest BCUT2D eigenvalue weighted by molar-refractivity contribution is 0.102. The molecular weight excluding hydrogens is 374 g/mol. The fraction of sp³-hybridized carbons (Fsp3) is 0.238. The average molecular weight is 398 g/mol. The van der Waals surface area contributed by atoms with Gasteiger partial charge in [-0.1, -0.05) is 32.0 Å². The number of ether oxygens (including phenoxy) is 2. The third-order valence-electron chi connectivity index (χ3n) is 4.22. The number of anilines is 3. The first kappa shape index (κ1) is 19.7. The van der Waals surface area contributed by atoms with Gasteiger partial charge in [-0.25, -0.2) is 4.98 Å². The van der Waals surface area contributed by atoms with Crippen LogP contribution in [0, 0.1) is 0 Å². The topological polar surface area (TPSA) is 72.5 Å². The number of aromatic nitrogens is 1. The van der Waals surface area contributed by atoms with Gasteiger partial charge in [0.1, 0.15) is 17.2 Å². The number of amides is 1. The van der Waals surface area contributed by atoms with E-state index in [2.05, 4.69) is 29.5 Å². The molecule has 0 fully saturated rings. The molecule has 1 amide bonds. The maximum atomic E-state index is 12.6. The summed E-state index contributed by atoms with van der Waals surface area (Å²) >= 11 is 1.35. The molecule has 146 valence electrons. The minimum Gasteiger partial charge on any atom is -0.497 e. The highest BCUT2D eigenvalue weighted by Crippen LogP contribution is 2.32. The van der Waals surface area contributed by atoms with Crippen LogP contribution in [-0.2, 0) is 0 Å². The molecule has 7 heteroatoms. The zero-order chi connectivity index (χ0) is 20.1. The SMILES string of the molecule is COc1ccc(Nc2nc(C(=O)Nc3ccccc3C(C)C)cs2)c(OC)c1. The van der Waals surface area contributed by atoms with Gasteiger partial charge in [-0.15, -0.1) is 11.3 Å². The third-order valence-corrected chi connectivity index (χ3v) is 4.98. The number of para-hydroxylation sites is 1.